The molecule has 1 heterocycles. The molecule has 1 saturated carbocycles. The average Bonchev–Trinajstić information content (AvgIpc) is 2.88. The zero-order chi connectivity index (χ0) is 10.7. The van der Waals surface area contributed by atoms with E-state index in [4.69, 9.17) is 0 Å². The lowest BCUT2D eigenvalue weighted by Gasteiger charge is -2.25. The number of nitrogens with zero attached hydrogens (tertiary/aromatic N) is 1. The summed E-state index contributed by atoms with van der Waals surface area (Å²) in [7, 11) is 0. The maximum absolute atomic E-state index is 12.2. The van der Waals surface area contributed by atoms with Gasteiger partial charge in [-0.3, -0.25) is 4.79 Å². The molecule has 1 N–H and O–H groups in total. The second kappa shape index (κ2) is 4.97. The van der Waals surface area contributed by atoms with Crippen molar-refractivity contribution in [2.75, 3.05) is 19.6 Å². The van der Waals surface area contributed by atoms with Crippen LogP contribution in [-0.4, -0.2) is 36.5 Å². The van der Waals surface area contributed by atoms with Crippen molar-refractivity contribution in [3.05, 3.63) is 0 Å². The Morgan fingerprint density at radius 1 is 1.40 bits per heavy atom. The molecule has 2 aliphatic rings. The summed E-state index contributed by atoms with van der Waals surface area (Å²) in [6.45, 7) is 5.10. The Hall–Kier alpha value is -0.570. The molecule has 2 fully saturated rings. The van der Waals surface area contributed by atoms with E-state index < -0.39 is 0 Å². The monoisotopic (exact) mass is 210 g/mol. The lowest BCUT2D eigenvalue weighted by molar-refractivity contribution is -0.133. The van der Waals surface area contributed by atoms with Gasteiger partial charge in [-0.25, -0.2) is 0 Å². The van der Waals surface area contributed by atoms with E-state index in [1.807, 2.05) is 0 Å². The number of rotatable bonds is 5. The fourth-order valence-electron chi connectivity index (χ4n) is 2.29. The molecule has 2 rings (SSSR count). The summed E-state index contributed by atoms with van der Waals surface area (Å²) in [6.07, 6.45) is 5.91. The lowest BCUT2D eigenvalue weighted by Crippen LogP contribution is -2.44. The highest BCUT2D eigenvalue weighted by Gasteiger charge is 2.30. The standard InChI is InChI=1S/C12H22N2O/c1-2-8-14(9-10-5-6-10)12(15)11-4-3-7-13-11/h10-11,13H,2-9H2,1H3/t11-/m0/s1. The van der Waals surface area contributed by atoms with Crippen molar-refractivity contribution in [3.8, 4) is 0 Å². The summed E-state index contributed by atoms with van der Waals surface area (Å²) in [6, 6.07) is 0.121. The molecule has 1 amide bonds. The van der Waals surface area contributed by atoms with Gasteiger partial charge in [0.25, 0.3) is 0 Å². The summed E-state index contributed by atoms with van der Waals surface area (Å²) in [4.78, 5) is 14.2. The van der Waals surface area contributed by atoms with Gasteiger partial charge in [0.1, 0.15) is 0 Å². The van der Waals surface area contributed by atoms with Crippen molar-refractivity contribution in [1.82, 2.24) is 10.2 Å². The molecule has 0 bridgehead atoms. The maximum atomic E-state index is 12.2. The highest BCUT2D eigenvalue weighted by molar-refractivity contribution is 5.82. The molecular formula is C12H22N2O. The molecule has 86 valence electrons. The van der Waals surface area contributed by atoms with Crippen LogP contribution in [0, 0.1) is 5.92 Å². The lowest BCUT2D eigenvalue weighted by atomic mass is 10.2. The molecule has 1 saturated heterocycles. The first kappa shape index (κ1) is 10.9. The van der Waals surface area contributed by atoms with Crippen LogP contribution in [0.4, 0.5) is 0 Å². The molecule has 1 aliphatic heterocycles. The van der Waals surface area contributed by atoms with Crippen molar-refractivity contribution >= 4 is 5.91 Å². The largest absolute Gasteiger partial charge is 0.341 e. The molecule has 1 atom stereocenters. The molecule has 0 aromatic carbocycles. The number of hydrogen-bond acceptors (Lipinski definition) is 2. The van der Waals surface area contributed by atoms with E-state index in [1.165, 1.54) is 12.8 Å². The van der Waals surface area contributed by atoms with Crippen molar-refractivity contribution in [3.63, 3.8) is 0 Å². The Morgan fingerprint density at radius 3 is 2.73 bits per heavy atom. The normalized spacial score (nSPS) is 25.5. The number of carbonyl (C=O) groups excluding carboxylic acids is 1. The van der Waals surface area contributed by atoms with Crippen LogP contribution in [0.1, 0.15) is 39.0 Å². The van der Waals surface area contributed by atoms with Gasteiger partial charge in [-0.1, -0.05) is 6.92 Å². The Morgan fingerprint density at radius 2 is 2.20 bits per heavy atom. The Kier molecular flexibility index (Phi) is 3.62. The Balaban J connectivity index is 1.86. The number of carbonyl (C=O) groups is 1. The third kappa shape index (κ3) is 2.94. The Labute approximate surface area is 92.2 Å². The fourth-order valence-corrected chi connectivity index (χ4v) is 2.29. The predicted octanol–water partition coefficient (Wildman–Crippen LogP) is 1.39. The minimum absolute atomic E-state index is 0.121. The zero-order valence-electron chi connectivity index (χ0n) is 9.67. The molecule has 0 aromatic heterocycles. The van der Waals surface area contributed by atoms with Crippen LogP contribution in [-0.2, 0) is 4.79 Å². The average molecular weight is 210 g/mol. The van der Waals surface area contributed by atoms with Crippen LogP contribution in [0.2, 0.25) is 0 Å². The van der Waals surface area contributed by atoms with Gasteiger partial charge < -0.3 is 10.2 Å². The Bertz CT molecular complexity index is 220. The quantitative estimate of drug-likeness (QED) is 0.743. The minimum Gasteiger partial charge on any atom is -0.341 e. The van der Waals surface area contributed by atoms with Gasteiger partial charge in [0, 0.05) is 13.1 Å². The third-order valence-electron chi connectivity index (χ3n) is 3.34. The molecule has 0 unspecified atom stereocenters. The molecule has 3 nitrogen and oxygen atoms in total. The van der Waals surface area contributed by atoms with Crippen LogP contribution >= 0.6 is 0 Å². The molecule has 0 radical (unpaired) electrons. The van der Waals surface area contributed by atoms with E-state index >= 15 is 0 Å². The molecule has 1 aliphatic carbocycles. The van der Waals surface area contributed by atoms with E-state index in [0.717, 1.165) is 44.8 Å². The fraction of sp³-hybridized carbons (Fsp3) is 0.917. The molecule has 0 spiro atoms. The summed E-state index contributed by atoms with van der Waals surface area (Å²) >= 11 is 0. The smallest absolute Gasteiger partial charge is 0.239 e. The van der Waals surface area contributed by atoms with Crippen LogP contribution < -0.4 is 5.32 Å². The first-order valence-corrected chi connectivity index (χ1v) is 6.33. The molecule has 15 heavy (non-hydrogen) atoms. The van der Waals surface area contributed by atoms with Crippen molar-refractivity contribution in [2.24, 2.45) is 5.92 Å². The van der Waals surface area contributed by atoms with E-state index in [9.17, 15) is 4.79 Å². The van der Waals surface area contributed by atoms with Crippen molar-refractivity contribution in [2.45, 2.75) is 45.1 Å². The maximum Gasteiger partial charge on any atom is 0.239 e. The SMILES string of the molecule is CCCN(CC1CC1)C(=O)[C@@H]1CCCN1. The van der Waals surface area contributed by atoms with E-state index in [2.05, 4.69) is 17.1 Å². The van der Waals surface area contributed by atoms with Gasteiger partial charge >= 0.3 is 0 Å². The van der Waals surface area contributed by atoms with Gasteiger partial charge in [-0.15, -0.1) is 0 Å². The second-order valence-corrected chi connectivity index (χ2v) is 4.88. The number of nitrogens with one attached hydrogen (secondary N) is 1. The van der Waals surface area contributed by atoms with Gasteiger partial charge in [-0.2, -0.15) is 0 Å². The van der Waals surface area contributed by atoms with Gasteiger partial charge in [0.05, 0.1) is 6.04 Å². The van der Waals surface area contributed by atoms with Crippen molar-refractivity contribution < 1.29 is 4.79 Å². The van der Waals surface area contributed by atoms with Gasteiger partial charge in [0.2, 0.25) is 5.91 Å². The first-order chi connectivity index (χ1) is 7.31. The minimum atomic E-state index is 0.121. The van der Waals surface area contributed by atoms with Crippen LogP contribution in [0.5, 0.6) is 0 Å². The summed E-state index contributed by atoms with van der Waals surface area (Å²) in [5, 5.41) is 3.30. The van der Waals surface area contributed by atoms with Gasteiger partial charge in [0.15, 0.2) is 0 Å². The van der Waals surface area contributed by atoms with E-state index in [0.29, 0.717) is 5.91 Å². The van der Waals surface area contributed by atoms with Crippen molar-refractivity contribution in [1.29, 1.82) is 0 Å². The highest BCUT2D eigenvalue weighted by Crippen LogP contribution is 2.30. The zero-order valence-corrected chi connectivity index (χ0v) is 9.67. The number of amides is 1. The predicted molar refractivity (Wildman–Crippen MR) is 60.6 cm³/mol. The van der Waals surface area contributed by atoms with Crippen LogP contribution in [0.25, 0.3) is 0 Å². The molecule has 3 heteroatoms. The first-order valence-electron chi connectivity index (χ1n) is 6.33. The second-order valence-electron chi connectivity index (χ2n) is 4.88. The summed E-state index contributed by atoms with van der Waals surface area (Å²) in [5.74, 6) is 1.16. The highest BCUT2D eigenvalue weighted by atomic mass is 16.2. The van der Waals surface area contributed by atoms with E-state index in [-0.39, 0.29) is 6.04 Å². The van der Waals surface area contributed by atoms with Gasteiger partial charge in [-0.05, 0) is 44.6 Å². The summed E-state index contributed by atoms with van der Waals surface area (Å²) < 4.78 is 0. The third-order valence-corrected chi connectivity index (χ3v) is 3.34. The van der Waals surface area contributed by atoms with Crippen LogP contribution in [0.3, 0.4) is 0 Å². The number of hydrogen-bond donors (Lipinski definition) is 1. The van der Waals surface area contributed by atoms with Crippen LogP contribution in [0.15, 0.2) is 0 Å². The molecular weight excluding hydrogens is 188 g/mol. The van der Waals surface area contributed by atoms with E-state index in [1.54, 1.807) is 0 Å². The topological polar surface area (TPSA) is 32.3 Å². The summed E-state index contributed by atoms with van der Waals surface area (Å²) in [5.41, 5.74) is 0. The molecule has 0 aromatic rings.